The largest absolute Gasteiger partial charge is 0.462 e. The van der Waals surface area contributed by atoms with Gasteiger partial charge < -0.3 is 14.2 Å². The van der Waals surface area contributed by atoms with E-state index in [-0.39, 0.29) is 31.1 Å². The van der Waals surface area contributed by atoms with Crippen LogP contribution in [0.2, 0.25) is 0 Å². The van der Waals surface area contributed by atoms with Crippen LogP contribution in [0.1, 0.15) is 278 Å². The number of hydrogen-bond donors (Lipinski definition) is 0. The summed E-state index contributed by atoms with van der Waals surface area (Å²) in [5, 5.41) is 0. The van der Waals surface area contributed by atoms with Crippen molar-refractivity contribution in [2.24, 2.45) is 0 Å². The average Bonchev–Trinajstić information content (AvgIpc) is 3.30. The molecule has 0 saturated heterocycles. The molecular weight excluding hydrogens is 805 g/mol. The molecule has 0 amide bonds. The van der Waals surface area contributed by atoms with Gasteiger partial charge in [-0.15, -0.1) is 0 Å². The number of ether oxygens (including phenoxy) is 3. The van der Waals surface area contributed by atoms with E-state index in [2.05, 4.69) is 81.5 Å². The van der Waals surface area contributed by atoms with Crippen molar-refractivity contribution < 1.29 is 28.6 Å². The zero-order valence-corrected chi connectivity index (χ0v) is 43.0. The van der Waals surface area contributed by atoms with Crippen molar-refractivity contribution in [3.05, 3.63) is 60.8 Å². The van der Waals surface area contributed by atoms with Gasteiger partial charge in [0.25, 0.3) is 0 Å². The van der Waals surface area contributed by atoms with Crippen LogP contribution in [0.15, 0.2) is 60.8 Å². The lowest BCUT2D eigenvalue weighted by Crippen LogP contribution is -2.30. The molecule has 0 spiro atoms. The minimum absolute atomic E-state index is 0.0849. The third-order valence-electron chi connectivity index (χ3n) is 12.0. The summed E-state index contributed by atoms with van der Waals surface area (Å²) in [5.74, 6) is -0.908. The van der Waals surface area contributed by atoms with E-state index in [1.165, 1.54) is 135 Å². The lowest BCUT2D eigenvalue weighted by Gasteiger charge is -2.18. The average molecular weight is 909 g/mol. The quantitative estimate of drug-likeness (QED) is 0.0262. The number of esters is 3. The van der Waals surface area contributed by atoms with Crippen LogP contribution in [0.3, 0.4) is 0 Å². The maximum atomic E-state index is 12.8. The van der Waals surface area contributed by atoms with Crippen molar-refractivity contribution in [2.75, 3.05) is 13.2 Å². The van der Waals surface area contributed by atoms with Gasteiger partial charge in [0.15, 0.2) is 6.10 Å². The van der Waals surface area contributed by atoms with Gasteiger partial charge in [-0.25, -0.2) is 0 Å². The first-order valence-electron chi connectivity index (χ1n) is 27.8. The van der Waals surface area contributed by atoms with Gasteiger partial charge in [-0.1, -0.05) is 223 Å². The summed E-state index contributed by atoms with van der Waals surface area (Å²) in [4.78, 5) is 38.1. The van der Waals surface area contributed by atoms with Crippen LogP contribution >= 0.6 is 0 Å². The summed E-state index contributed by atoms with van der Waals surface area (Å²) in [5.41, 5.74) is 0. The van der Waals surface area contributed by atoms with E-state index in [4.69, 9.17) is 14.2 Å². The molecule has 0 radical (unpaired) electrons. The Bertz CT molecular complexity index is 1180. The van der Waals surface area contributed by atoms with Gasteiger partial charge in [0.1, 0.15) is 13.2 Å². The number of allylic oxidation sites excluding steroid dienone is 10. The second kappa shape index (κ2) is 53.7. The Morgan fingerprint density at radius 1 is 0.308 bits per heavy atom. The molecule has 0 bridgehead atoms. The summed E-state index contributed by atoms with van der Waals surface area (Å²) in [7, 11) is 0. The van der Waals surface area contributed by atoms with Crippen LogP contribution in [0.4, 0.5) is 0 Å². The van der Waals surface area contributed by atoms with Crippen molar-refractivity contribution in [3.63, 3.8) is 0 Å². The van der Waals surface area contributed by atoms with Crippen LogP contribution in [0.25, 0.3) is 0 Å². The molecule has 6 heteroatoms. The monoisotopic (exact) mass is 909 g/mol. The van der Waals surface area contributed by atoms with E-state index >= 15 is 0 Å². The third-order valence-corrected chi connectivity index (χ3v) is 12.0. The first kappa shape index (κ1) is 62.1. The second-order valence-electron chi connectivity index (χ2n) is 18.5. The number of carbonyl (C=O) groups is 3. The Labute approximate surface area is 402 Å². The number of unbranched alkanes of at least 4 members (excludes halogenated alkanes) is 29. The van der Waals surface area contributed by atoms with Gasteiger partial charge in [-0.05, 0) is 96.3 Å². The molecule has 0 unspecified atom stereocenters. The Morgan fingerprint density at radius 2 is 0.569 bits per heavy atom. The van der Waals surface area contributed by atoms with Crippen molar-refractivity contribution in [3.8, 4) is 0 Å². The number of hydrogen-bond acceptors (Lipinski definition) is 6. The zero-order chi connectivity index (χ0) is 47.2. The topological polar surface area (TPSA) is 78.9 Å². The molecular formula is C59H104O6. The smallest absolute Gasteiger partial charge is 0.306 e. The minimum Gasteiger partial charge on any atom is -0.462 e. The molecule has 0 rings (SSSR count). The first-order valence-corrected chi connectivity index (χ1v) is 27.8. The Hall–Kier alpha value is -2.89. The van der Waals surface area contributed by atoms with Gasteiger partial charge in [0.2, 0.25) is 0 Å². The molecule has 0 saturated carbocycles. The van der Waals surface area contributed by atoms with Crippen LogP contribution in [0, 0.1) is 0 Å². The fourth-order valence-corrected chi connectivity index (χ4v) is 7.71. The van der Waals surface area contributed by atoms with Gasteiger partial charge in [-0.3, -0.25) is 14.4 Å². The van der Waals surface area contributed by atoms with Gasteiger partial charge in [0.05, 0.1) is 0 Å². The van der Waals surface area contributed by atoms with Crippen LogP contribution < -0.4 is 0 Å². The number of carbonyl (C=O) groups excluding carboxylic acids is 3. The Morgan fingerprint density at radius 3 is 0.908 bits per heavy atom. The van der Waals surface area contributed by atoms with Crippen LogP contribution in [-0.2, 0) is 28.6 Å². The van der Waals surface area contributed by atoms with E-state index in [9.17, 15) is 14.4 Å². The van der Waals surface area contributed by atoms with Gasteiger partial charge >= 0.3 is 17.9 Å². The Balaban J connectivity index is 4.38. The highest BCUT2D eigenvalue weighted by atomic mass is 16.6. The summed E-state index contributed by atoms with van der Waals surface area (Å²) in [6.07, 6.45) is 66.3. The summed E-state index contributed by atoms with van der Waals surface area (Å²) in [6.45, 7) is 6.54. The predicted octanol–water partition coefficient (Wildman–Crippen LogP) is 18.4. The van der Waals surface area contributed by atoms with Crippen LogP contribution in [-0.4, -0.2) is 37.2 Å². The second-order valence-corrected chi connectivity index (χ2v) is 18.5. The first-order chi connectivity index (χ1) is 32.0. The van der Waals surface area contributed by atoms with E-state index in [0.29, 0.717) is 19.3 Å². The molecule has 0 heterocycles. The highest BCUT2D eigenvalue weighted by molar-refractivity contribution is 5.71. The SMILES string of the molecule is CCCC/C=C/C/C=C/CCCCCCCC(=O)OC[C@H](COC(=O)CCCCCCCCCCC/C=C/CCCCCCCC)OC(=O)CCCCCCC/C=C/C/C=C/CCCC. The summed E-state index contributed by atoms with van der Waals surface area (Å²) < 4.78 is 16.8. The van der Waals surface area contributed by atoms with Crippen molar-refractivity contribution >= 4 is 17.9 Å². The maximum Gasteiger partial charge on any atom is 0.306 e. The third kappa shape index (κ3) is 51.9. The fraction of sp³-hybridized carbons (Fsp3) is 0.780. The number of rotatable bonds is 50. The summed E-state index contributed by atoms with van der Waals surface area (Å²) in [6, 6.07) is 0. The van der Waals surface area contributed by atoms with Gasteiger partial charge in [0, 0.05) is 19.3 Å². The molecule has 0 aromatic carbocycles. The van der Waals surface area contributed by atoms with E-state index in [1.807, 2.05) is 0 Å². The molecule has 0 aromatic heterocycles. The Kier molecular flexibility index (Phi) is 51.3. The molecule has 0 fully saturated rings. The highest BCUT2D eigenvalue weighted by Crippen LogP contribution is 2.15. The minimum atomic E-state index is -0.787. The lowest BCUT2D eigenvalue weighted by atomic mass is 10.1. The molecule has 0 aliphatic heterocycles. The lowest BCUT2D eigenvalue weighted by molar-refractivity contribution is -0.167. The molecule has 0 aliphatic carbocycles. The normalized spacial score (nSPS) is 12.5. The van der Waals surface area contributed by atoms with Crippen molar-refractivity contribution in [1.29, 1.82) is 0 Å². The summed E-state index contributed by atoms with van der Waals surface area (Å²) >= 11 is 0. The molecule has 65 heavy (non-hydrogen) atoms. The predicted molar refractivity (Wildman–Crippen MR) is 279 cm³/mol. The molecule has 0 aliphatic rings. The maximum absolute atomic E-state index is 12.8. The standard InChI is InChI=1S/C59H104O6/c1-4-7-10-13-16-19-22-25-28-29-30-31-32-35-37-40-43-46-49-52-58(61)64-55-56(65-59(62)53-50-47-44-41-38-34-27-24-21-18-15-12-9-6-3)54-63-57(60)51-48-45-42-39-36-33-26-23-20-17-14-11-8-5-2/h14-15,17-18,23-28,56H,4-13,16,19-22,29-55H2,1-3H3/b17-14+,18-15+,26-23+,27-24+,28-25+/t56-/m1/s1. The zero-order valence-electron chi connectivity index (χ0n) is 43.0. The van der Waals surface area contributed by atoms with E-state index in [1.54, 1.807) is 0 Å². The van der Waals surface area contributed by atoms with Crippen molar-refractivity contribution in [2.45, 2.75) is 284 Å². The van der Waals surface area contributed by atoms with Crippen molar-refractivity contribution in [1.82, 2.24) is 0 Å². The van der Waals surface area contributed by atoms with Gasteiger partial charge in [-0.2, -0.15) is 0 Å². The van der Waals surface area contributed by atoms with E-state index < -0.39 is 6.10 Å². The molecule has 0 N–H and O–H groups in total. The molecule has 0 aromatic rings. The molecule has 1 atom stereocenters. The highest BCUT2D eigenvalue weighted by Gasteiger charge is 2.19. The van der Waals surface area contributed by atoms with E-state index in [0.717, 1.165) is 103 Å². The van der Waals surface area contributed by atoms with Crippen LogP contribution in [0.5, 0.6) is 0 Å². The fourth-order valence-electron chi connectivity index (χ4n) is 7.71. The molecule has 376 valence electrons. The molecule has 6 nitrogen and oxygen atoms in total.